The fraction of sp³-hybridized carbons (Fsp3) is 0.588. The van der Waals surface area contributed by atoms with Gasteiger partial charge in [0, 0.05) is 12.5 Å². The van der Waals surface area contributed by atoms with Crippen molar-refractivity contribution in [3.05, 3.63) is 35.4 Å². The second-order valence-corrected chi connectivity index (χ2v) is 6.69. The number of ether oxygens (including phenoxy) is 1. The van der Waals surface area contributed by atoms with Crippen molar-refractivity contribution in [3.63, 3.8) is 0 Å². The van der Waals surface area contributed by atoms with Crippen molar-refractivity contribution in [2.75, 3.05) is 6.54 Å². The third kappa shape index (κ3) is 4.21. The lowest BCUT2D eigenvalue weighted by Gasteiger charge is -2.32. The minimum atomic E-state index is -0.492. The predicted octanol–water partition coefficient (Wildman–Crippen LogP) is 2.96. The molecule has 2 rings (SSSR count). The highest BCUT2D eigenvalue weighted by atomic mass is 16.6. The molecular weight excluding hydrogens is 264 g/mol. The number of aryl methyl sites for hydroxylation is 1. The van der Waals surface area contributed by atoms with Gasteiger partial charge in [-0.15, -0.1) is 0 Å². The van der Waals surface area contributed by atoms with Crippen LogP contribution in [0.15, 0.2) is 24.3 Å². The molecule has 21 heavy (non-hydrogen) atoms. The van der Waals surface area contributed by atoms with Crippen molar-refractivity contribution in [3.8, 4) is 0 Å². The van der Waals surface area contributed by atoms with Crippen LogP contribution >= 0.6 is 0 Å². The molecule has 0 spiro atoms. The number of hydrogen-bond donors (Lipinski definition) is 2. The molecule has 3 N–H and O–H groups in total. The molecule has 1 aliphatic rings. The van der Waals surface area contributed by atoms with Gasteiger partial charge in [-0.05, 0) is 51.2 Å². The number of carbonyl (C=O) groups is 1. The lowest BCUT2D eigenvalue weighted by Crippen LogP contribution is -2.47. The maximum atomic E-state index is 12.0. The average Bonchev–Trinajstić information content (AvgIpc) is 2.42. The highest BCUT2D eigenvalue weighted by molar-refractivity contribution is 5.68. The van der Waals surface area contributed by atoms with E-state index in [-0.39, 0.29) is 18.1 Å². The second-order valence-electron chi connectivity index (χ2n) is 6.69. The maximum Gasteiger partial charge on any atom is 0.407 e. The molecule has 0 aromatic heterocycles. The summed E-state index contributed by atoms with van der Waals surface area (Å²) in [6, 6.07) is 8.36. The summed E-state index contributed by atoms with van der Waals surface area (Å²) >= 11 is 0. The zero-order valence-electron chi connectivity index (χ0n) is 13.2. The number of hydrogen-bond acceptors (Lipinski definition) is 3. The van der Waals surface area contributed by atoms with Crippen molar-refractivity contribution in [1.29, 1.82) is 0 Å². The Bertz CT molecular complexity index is 494. The zero-order valence-corrected chi connectivity index (χ0v) is 13.2. The topological polar surface area (TPSA) is 64.3 Å². The van der Waals surface area contributed by atoms with Gasteiger partial charge in [-0.2, -0.15) is 0 Å². The van der Waals surface area contributed by atoms with E-state index in [0.717, 1.165) is 19.3 Å². The molecule has 2 unspecified atom stereocenters. The van der Waals surface area contributed by atoms with E-state index >= 15 is 0 Å². The number of nitrogens with one attached hydrogen (secondary N) is 1. The largest absolute Gasteiger partial charge is 0.444 e. The van der Waals surface area contributed by atoms with Crippen molar-refractivity contribution >= 4 is 6.09 Å². The van der Waals surface area contributed by atoms with Gasteiger partial charge in [0.15, 0.2) is 0 Å². The summed E-state index contributed by atoms with van der Waals surface area (Å²) in [4.78, 5) is 12.0. The van der Waals surface area contributed by atoms with Crippen molar-refractivity contribution in [2.45, 2.75) is 57.6 Å². The Balaban J connectivity index is 2.10. The number of rotatable bonds is 3. The SMILES string of the molecule is CC(C)(C)OC(=O)NC(CN)C1CCCc2ccccc21. The van der Waals surface area contributed by atoms with Crippen LogP contribution in [0.25, 0.3) is 0 Å². The van der Waals surface area contributed by atoms with Crippen LogP contribution in [0.1, 0.15) is 50.7 Å². The van der Waals surface area contributed by atoms with Gasteiger partial charge < -0.3 is 15.8 Å². The third-order valence-electron chi connectivity index (χ3n) is 3.86. The maximum absolute atomic E-state index is 12.0. The normalized spacial score (nSPS) is 19.5. The van der Waals surface area contributed by atoms with E-state index in [0.29, 0.717) is 6.54 Å². The van der Waals surface area contributed by atoms with Crippen LogP contribution in [0.3, 0.4) is 0 Å². The Labute approximate surface area is 127 Å². The van der Waals surface area contributed by atoms with E-state index < -0.39 is 5.60 Å². The predicted molar refractivity (Wildman–Crippen MR) is 84.3 cm³/mol. The van der Waals surface area contributed by atoms with E-state index in [9.17, 15) is 4.79 Å². The van der Waals surface area contributed by atoms with Crippen LogP contribution in [0, 0.1) is 0 Å². The molecule has 0 fully saturated rings. The number of benzene rings is 1. The molecule has 0 saturated heterocycles. The number of alkyl carbamates (subject to hydrolysis) is 1. The minimum Gasteiger partial charge on any atom is -0.444 e. The van der Waals surface area contributed by atoms with Gasteiger partial charge in [-0.25, -0.2) is 4.79 Å². The highest BCUT2D eigenvalue weighted by Crippen LogP contribution is 2.33. The summed E-state index contributed by atoms with van der Waals surface area (Å²) in [6.07, 6.45) is 2.90. The molecule has 2 atom stereocenters. The molecule has 0 radical (unpaired) electrons. The monoisotopic (exact) mass is 290 g/mol. The Morgan fingerprint density at radius 1 is 1.43 bits per heavy atom. The smallest absolute Gasteiger partial charge is 0.407 e. The molecule has 0 aliphatic heterocycles. The summed E-state index contributed by atoms with van der Waals surface area (Å²) in [7, 11) is 0. The second kappa shape index (κ2) is 6.48. The van der Waals surface area contributed by atoms with E-state index in [4.69, 9.17) is 10.5 Å². The van der Waals surface area contributed by atoms with Crippen LogP contribution in [0.5, 0.6) is 0 Å². The van der Waals surface area contributed by atoms with Crippen molar-refractivity contribution < 1.29 is 9.53 Å². The van der Waals surface area contributed by atoms with Crippen molar-refractivity contribution in [1.82, 2.24) is 5.32 Å². The lowest BCUT2D eigenvalue weighted by atomic mass is 9.79. The van der Waals surface area contributed by atoms with Gasteiger partial charge in [0.25, 0.3) is 0 Å². The van der Waals surface area contributed by atoms with Crippen LogP contribution in [0.2, 0.25) is 0 Å². The fourth-order valence-corrected chi connectivity index (χ4v) is 2.99. The first kappa shape index (κ1) is 15.8. The van der Waals surface area contributed by atoms with E-state index in [1.807, 2.05) is 20.8 Å². The van der Waals surface area contributed by atoms with Gasteiger partial charge in [0.1, 0.15) is 5.60 Å². The number of nitrogens with two attached hydrogens (primary N) is 1. The Kier molecular flexibility index (Phi) is 4.88. The van der Waals surface area contributed by atoms with E-state index in [2.05, 4.69) is 29.6 Å². The zero-order chi connectivity index (χ0) is 15.5. The van der Waals surface area contributed by atoms with Gasteiger partial charge in [-0.3, -0.25) is 0 Å². The van der Waals surface area contributed by atoms with Gasteiger partial charge >= 0.3 is 6.09 Å². The minimum absolute atomic E-state index is 0.0821. The first-order valence-corrected chi connectivity index (χ1v) is 7.68. The first-order chi connectivity index (χ1) is 9.90. The highest BCUT2D eigenvalue weighted by Gasteiger charge is 2.29. The van der Waals surface area contributed by atoms with Gasteiger partial charge in [-0.1, -0.05) is 24.3 Å². The molecule has 4 nitrogen and oxygen atoms in total. The Hall–Kier alpha value is -1.55. The van der Waals surface area contributed by atoms with Gasteiger partial charge in [0.2, 0.25) is 0 Å². The molecule has 0 bridgehead atoms. The standard InChI is InChI=1S/C17H26N2O2/c1-17(2,3)21-16(20)19-15(11-18)14-10-6-8-12-7-4-5-9-13(12)14/h4-5,7,9,14-15H,6,8,10-11,18H2,1-3H3,(H,19,20). The Morgan fingerprint density at radius 3 is 2.81 bits per heavy atom. The number of amides is 1. The summed E-state index contributed by atoms with van der Waals surface area (Å²) in [5, 5.41) is 2.95. The molecule has 1 amide bonds. The Morgan fingerprint density at radius 2 is 2.14 bits per heavy atom. The number of carbonyl (C=O) groups excluding carboxylic acids is 1. The molecule has 116 valence electrons. The summed E-state index contributed by atoms with van der Waals surface area (Å²) < 4.78 is 5.34. The molecule has 0 saturated carbocycles. The summed E-state index contributed by atoms with van der Waals surface area (Å²) in [5.41, 5.74) is 8.10. The molecule has 0 heterocycles. The molecule has 1 aliphatic carbocycles. The summed E-state index contributed by atoms with van der Waals surface area (Å²) in [6.45, 7) is 6.00. The number of fused-ring (bicyclic) bond motifs is 1. The van der Waals surface area contributed by atoms with E-state index in [1.165, 1.54) is 11.1 Å². The lowest BCUT2D eigenvalue weighted by molar-refractivity contribution is 0.0496. The van der Waals surface area contributed by atoms with Gasteiger partial charge in [0.05, 0.1) is 6.04 Å². The van der Waals surface area contributed by atoms with Crippen LogP contribution in [0.4, 0.5) is 4.79 Å². The van der Waals surface area contributed by atoms with Crippen LogP contribution < -0.4 is 11.1 Å². The quantitative estimate of drug-likeness (QED) is 0.899. The first-order valence-electron chi connectivity index (χ1n) is 7.68. The fourth-order valence-electron chi connectivity index (χ4n) is 2.99. The van der Waals surface area contributed by atoms with Crippen LogP contribution in [-0.2, 0) is 11.2 Å². The third-order valence-corrected chi connectivity index (χ3v) is 3.86. The van der Waals surface area contributed by atoms with Crippen LogP contribution in [-0.4, -0.2) is 24.3 Å². The molecule has 4 heteroatoms. The molecule has 1 aromatic rings. The average molecular weight is 290 g/mol. The van der Waals surface area contributed by atoms with Crippen molar-refractivity contribution in [2.24, 2.45) is 5.73 Å². The van der Waals surface area contributed by atoms with E-state index in [1.54, 1.807) is 0 Å². The molecule has 1 aromatic carbocycles. The molecular formula is C17H26N2O2. The summed E-state index contributed by atoms with van der Waals surface area (Å²) in [5.74, 6) is 0.271.